The molecule has 2 N–H and O–H groups in total. The summed E-state index contributed by atoms with van der Waals surface area (Å²) in [6.45, 7) is 1.11. The van der Waals surface area contributed by atoms with Gasteiger partial charge in [0.15, 0.2) is 5.82 Å². The van der Waals surface area contributed by atoms with E-state index in [1.165, 1.54) is 13.0 Å². The number of aryl methyl sites for hydroxylation is 2. The van der Waals surface area contributed by atoms with Crippen LogP contribution < -0.4 is 10.1 Å². The number of rotatable bonds is 9. The number of tetrazole rings is 1. The minimum Gasteiger partial charge on any atom is -0.470 e. The molecule has 11 nitrogen and oxygen atoms in total. The lowest BCUT2D eigenvalue weighted by Gasteiger charge is -2.24. The number of fused-ring (bicyclic) bond motifs is 1. The number of epoxide rings is 1. The molecule has 0 saturated carbocycles. The van der Waals surface area contributed by atoms with E-state index in [4.69, 9.17) is 9.47 Å². The van der Waals surface area contributed by atoms with Crippen molar-refractivity contribution in [1.29, 1.82) is 0 Å². The maximum Gasteiger partial charge on any atom is 0.350 e. The van der Waals surface area contributed by atoms with Crippen LogP contribution in [-0.4, -0.2) is 52.5 Å². The summed E-state index contributed by atoms with van der Waals surface area (Å²) in [5.41, 5.74) is 0.531. The summed E-state index contributed by atoms with van der Waals surface area (Å²) in [4.78, 5) is 8.99. The van der Waals surface area contributed by atoms with E-state index in [-0.39, 0.29) is 22.1 Å². The smallest absolute Gasteiger partial charge is 0.350 e. The van der Waals surface area contributed by atoms with Gasteiger partial charge in [-0.05, 0) is 38.1 Å². The first-order valence-corrected chi connectivity index (χ1v) is 11.2. The molecule has 0 radical (unpaired) electrons. The molecule has 1 aromatic carbocycles. The quantitative estimate of drug-likeness (QED) is 0.252. The third-order valence-corrected chi connectivity index (χ3v) is 5.97. The Morgan fingerprint density at radius 3 is 2.59 bits per heavy atom. The van der Waals surface area contributed by atoms with Crippen molar-refractivity contribution in [2.75, 3.05) is 6.61 Å². The second kappa shape index (κ2) is 9.32. The van der Waals surface area contributed by atoms with Crippen LogP contribution in [0.1, 0.15) is 48.0 Å². The van der Waals surface area contributed by atoms with E-state index in [2.05, 4.69) is 30.7 Å². The molecule has 3 aromatic heterocycles. The Morgan fingerprint density at radius 1 is 1.22 bits per heavy atom. The zero-order valence-corrected chi connectivity index (χ0v) is 19.9. The predicted octanol–water partition coefficient (Wildman–Crippen LogP) is 2.48. The molecule has 0 amide bonds. The van der Waals surface area contributed by atoms with Crippen LogP contribution in [0, 0.1) is 25.5 Å². The zero-order valence-electron chi connectivity index (χ0n) is 19.9. The molecule has 3 atom stereocenters. The number of ether oxygens (including phenoxy) is 2. The van der Waals surface area contributed by atoms with E-state index >= 15 is 0 Å². The number of alkyl halides is 2. The molecule has 5 rings (SSSR count). The number of halogens is 4. The van der Waals surface area contributed by atoms with Gasteiger partial charge in [0.25, 0.3) is 5.88 Å². The van der Waals surface area contributed by atoms with Crippen molar-refractivity contribution in [3.05, 3.63) is 64.5 Å². The molecule has 4 heterocycles. The van der Waals surface area contributed by atoms with E-state index in [1.54, 1.807) is 24.4 Å². The number of nitrogens with zero attached hydrogens (tertiary/aromatic N) is 7. The normalized spacial score (nSPS) is 18.9. The van der Waals surface area contributed by atoms with Gasteiger partial charge in [-0.3, -0.25) is 9.72 Å². The van der Waals surface area contributed by atoms with Gasteiger partial charge in [-0.15, -0.1) is 10.2 Å². The maximum absolute atomic E-state index is 14.0. The summed E-state index contributed by atoms with van der Waals surface area (Å²) in [5.74, 6) is -1.52. The largest absolute Gasteiger partial charge is 0.470 e. The summed E-state index contributed by atoms with van der Waals surface area (Å²) in [5, 5.41) is 23.6. The van der Waals surface area contributed by atoms with Gasteiger partial charge in [0.2, 0.25) is 5.65 Å². The second-order valence-corrected chi connectivity index (χ2v) is 8.78. The van der Waals surface area contributed by atoms with Crippen molar-refractivity contribution in [2.45, 2.75) is 51.8 Å². The standard InChI is InChI=1S/C22H22F4N8O3/c1-10-7-33-15(16-18(37-16)29-22(3,9-35)20-30-32-34(31-20)21(25)26)11(2)28-17(33)19(27-10)36-8-12-13(23)5-4-6-14(12)24/h4-7,16,18,21,29,35H,8-9H2,1-3H3. The molecular weight excluding hydrogens is 500 g/mol. The van der Waals surface area contributed by atoms with E-state index in [0.717, 1.165) is 12.1 Å². The molecule has 1 saturated heterocycles. The SMILES string of the molecule is Cc1cn2c(C3OC3NC(C)(CO)c3nnn(C(F)F)n3)c(C)nc2c(OCc2c(F)cccc2F)n1. The highest BCUT2D eigenvalue weighted by Crippen LogP contribution is 2.41. The molecule has 1 aliphatic heterocycles. The van der Waals surface area contributed by atoms with Gasteiger partial charge < -0.3 is 14.6 Å². The van der Waals surface area contributed by atoms with Crippen molar-refractivity contribution in [3.63, 3.8) is 0 Å². The van der Waals surface area contributed by atoms with E-state index in [9.17, 15) is 22.7 Å². The minimum absolute atomic E-state index is 0.0789. The first-order chi connectivity index (χ1) is 17.6. The lowest BCUT2D eigenvalue weighted by Crippen LogP contribution is -2.45. The number of hydrogen-bond donors (Lipinski definition) is 2. The predicted molar refractivity (Wildman–Crippen MR) is 117 cm³/mol. The molecule has 1 fully saturated rings. The zero-order chi connectivity index (χ0) is 26.5. The Hall–Kier alpha value is -3.69. The fraction of sp³-hybridized carbons (Fsp3) is 0.409. The maximum atomic E-state index is 14.0. The van der Waals surface area contributed by atoms with Crippen molar-refractivity contribution in [3.8, 4) is 5.88 Å². The topological polar surface area (TPSA) is 128 Å². The number of aliphatic hydroxyl groups excluding tert-OH is 1. The second-order valence-electron chi connectivity index (χ2n) is 8.78. The molecule has 3 unspecified atom stereocenters. The molecule has 1 aliphatic rings. The molecule has 4 aromatic rings. The highest BCUT2D eigenvalue weighted by atomic mass is 19.3. The fourth-order valence-corrected chi connectivity index (χ4v) is 3.97. The van der Waals surface area contributed by atoms with Gasteiger partial charge in [0, 0.05) is 6.20 Å². The minimum atomic E-state index is -2.97. The molecule has 0 spiro atoms. The Bertz CT molecular complexity index is 1440. The third-order valence-electron chi connectivity index (χ3n) is 5.97. The highest BCUT2D eigenvalue weighted by Gasteiger charge is 2.48. The molecule has 37 heavy (non-hydrogen) atoms. The van der Waals surface area contributed by atoms with Gasteiger partial charge in [-0.25, -0.2) is 18.7 Å². The summed E-state index contributed by atoms with van der Waals surface area (Å²) >= 11 is 0. The van der Waals surface area contributed by atoms with Crippen LogP contribution >= 0.6 is 0 Å². The first kappa shape index (κ1) is 25.0. The number of aliphatic hydroxyl groups is 1. The van der Waals surface area contributed by atoms with Crippen molar-refractivity contribution in [1.82, 2.24) is 39.9 Å². The summed E-state index contributed by atoms with van der Waals surface area (Å²) in [6.07, 6.45) is 0.533. The number of imidazole rings is 1. The van der Waals surface area contributed by atoms with Gasteiger partial charge in [0.05, 0.1) is 29.3 Å². The van der Waals surface area contributed by atoms with Crippen molar-refractivity contribution >= 4 is 5.65 Å². The van der Waals surface area contributed by atoms with Gasteiger partial charge in [-0.1, -0.05) is 10.9 Å². The van der Waals surface area contributed by atoms with E-state index in [1.807, 2.05) is 0 Å². The van der Waals surface area contributed by atoms with E-state index in [0.29, 0.717) is 22.7 Å². The Labute approximate surface area is 207 Å². The van der Waals surface area contributed by atoms with Crippen LogP contribution in [0.15, 0.2) is 24.4 Å². The molecule has 15 heteroatoms. The van der Waals surface area contributed by atoms with Crippen LogP contribution in [0.2, 0.25) is 0 Å². The van der Waals surface area contributed by atoms with Gasteiger partial charge in [0.1, 0.15) is 36.1 Å². The first-order valence-electron chi connectivity index (χ1n) is 11.2. The third kappa shape index (κ3) is 4.60. The summed E-state index contributed by atoms with van der Waals surface area (Å²) < 4.78 is 67.0. The van der Waals surface area contributed by atoms with Crippen molar-refractivity contribution < 1.29 is 32.1 Å². The van der Waals surface area contributed by atoms with Crippen molar-refractivity contribution in [2.24, 2.45) is 0 Å². The average Bonchev–Trinajstić information content (AvgIpc) is 3.25. The fourth-order valence-electron chi connectivity index (χ4n) is 3.97. The van der Waals surface area contributed by atoms with Crippen LogP contribution in [-0.2, 0) is 16.9 Å². The van der Waals surface area contributed by atoms with Gasteiger partial charge in [-0.2, -0.15) is 8.78 Å². The Balaban J connectivity index is 1.39. The molecular formula is C22H22F4N8O3. The lowest BCUT2D eigenvalue weighted by atomic mass is 10.0. The van der Waals surface area contributed by atoms with Crippen LogP contribution in [0.25, 0.3) is 5.65 Å². The Kier molecular flexibility index (Phi) is 6.29. The van der Waals surface area contributed by atoms with Crippen LogP contribution in [0.5, 0.6) is 5.88 Å². The Morgan fingerprint density at radius 2 is 1.95 bits per heavy atom. The van der Waals surface area contributed by atoms with Crippen LogP contribution in [0.3, 0.4) is 0 Å². The van der Waals surface area contributed by atoms with Crippen LogP contribution in [0.4, 0.5) is 17.6 Å². The number of hydrogen-bond acceptors (Lipinski definition) is 9. The number of nitrogens with one attached hydrogen (secondary N) is 1. The summed E-state index contributed by atoms with van der Waals surface area (Å²) in [7, 11) is 0. The van der Waals surface area contributed by atoms with E-state index < -0.39 is 49.3 Å². The number of benzene rings is 1. The average molecular weight is 522 g/mol. The molecule has 0 bridgehead atoms. The van der Waals surface area contributed by atoms with Gasteiger partial charge >= 0.3 is 6.55 Å². The number of aromatic nitrogens is 7. The highest BCUT2D eigenvalue weighted by molar-refractivity contribution is 5.53. The molecule has 196 valence electrons. The molecule has 0 aliphatic carbocycles. The lowest BCUT2D eigenvalue weighted by molar-refractivity contribution is 0.0385. The summed E-state index contributed by atoms with van der Waals surface area (Å²) in [6, 6.07) is 3.54. The monoisotopic (exact) mass is 522 g/mol.